The number of alkyl halides is 3. The molecule has 262 valence electrons. The van der Waals surface area contributed by atoms with Crippen LogP contribution in [0.1, 0.15) is 26.7 Å². The van der Waals surface area contributed by atoms with Gasteiger partial charge in [0.15, 0.2) is 11.5 Å². The Morgan fingerprint density at radius 2 is 1.68 bits per heavy atom. The van der Waals surface area contributed by atoms with Gasteiger partial charge < -0.3 is 30.1 Å². The molecule has 3 atom stereocenters. The quantitative estimate of drug-likeness (QED) is 0.251. The zero-order valence-electron chi connectivity index (χ0n) is 26.3. The second-order valence-electron chi connectivity index (χ2n) is 11.8. The Hall–Kier alpha value is -5.36. The maximum atomic E-state index is 13.9. The van der Waals surface area contributed by atoms with Gasteiger partial charge in [-0.05, 0) is 49.2 Å². The number of aromatic nitrogens is 6. The number of nitrogens with zero attached hydrogens (tertiary/aromatic N) is 8. The number of benzene rings is 1. The summed E-state index contributed by atoms with van der Waals surface area (Å²) < 4.78 is 43.9. The van der Waals surface area contributed by atoms with Crippen LogP contribution in [-0.4, -0.2) is 108 Å². The van der Waals surface area contributed by atoms with E-state index in [9.17, 15) is 27.6 Å². The number of rotatable bonds is 6. The number of nitrogens with one attached hydrogen (secondary N) is 2. The molecule has 15 nitrogen and oxygen atoms in total. The van der Waals surface area contributed by atoms with Gasteiger partial charge in [-0.3, -0.25) is 19.2 Å². The Kier molecular flexibility index (Phi) is 9.57. The number of piperazine rings is 1. The van der Waals surface area contributed by atoms with Gasteiger partial charge in [-0.25, -0.2) is 19.6 Å². The zero-order chi connectivity index (χ0) is 35.7. The van der Waals surface area contributed by atoms with Crippen molar-refractivity contribution in [2.45, 2.75) is 6.18 Å². The number of hydrogen-bond donors (Lipinski definition) is 3. The number of hydrogen-bond acceptors (Lipinski definition) is 9. The normalized spacial score (nSPS) is 19.7. The third kappa shape index (κ3) is 6.75. The first-order chi connectivity index (χ1) is 23.9. The lowest BCUT2D eigenvalue weighted by molar-refractivity contribution is -0.141. The molecule has 1 unspecified atom stereocenters. The van der Waals surface area contributed by atoms with Gasteiger partial charge in [-0.15, -0.1) is 0 Å². The van der Waals surface area contributed by atoms with Gasteiger partial charge in [-0.2, -0.15) is 18.3 Å². The van der Waals surface area contributed by atoms with E-state index in [0.717, 1.165) is 30.2 Å². The molecule has 3 amide bonds. The molecule has 1 aliphatic carbocycles. The molecule has 1 aromatic carbocycles. The Morgan fingerprint density at radius 3 is 2.30 bits per heavy atom. The summed E-state index contributed by atoms with van der Waals surface area (Å²) in [6, 6.07) is 5.94. The van der Waals surface area contributed by atoms with Crippen molar-refractivity contribution in [3.05, 3.63) is 71.2 Å². The Bertz CT molecular complexity index is 1920. The third-order valence-corrected chi connectivity index (χ3v) is 9.23. The molecular formula is C31H30ClF3N10O5. The molecule has 1 saturated carbocycles. The zero-order valence-corrected chi connectivity index (χ0v) is 27.1. The summed E-state index contributed by atoms with van der Waals surface area (Å²) in [6.45, 7) is 3.20. The molecule has 3 aromatic heterocycles. The third-order valence-electron chi connectivity index (χ3n) is 8.92. The fourth-order valence-corrected chi connectivity index (χ4v) is 6.66. The van der Waals surface area contributed by atoms with Crippen molar-refractivity contribution in [1.82, 2.24) is 44.4 Å². The lowest BCUT2D eigenvalue weighted by atomic mass is 10.1. The van der Waals surface area contributed by atoms with Gasteiger partial charge in [0, 0.05) is 63.4 Å². The first-order valence-electron chi connectivity index (χ1n) is 15.4. The summed E-state index contributed by atoms with van der Waals surface area (Å²) >= 11 is 6.47. The minimum atomic E-state index is -4.81. The number of piperidine rings is 1. The monoisotopic (exact) mass is 714 g/mol. The van der Waals surface area contributed by atoms with Gasteiger partial charge in [-0.1, -0.05) is 11.6 Å². The highest BCUT2D eigenvalue weighted by Crippen LogP contribution is 2.49. The van der Waals surface area contributed by atoms with Gasteiger partial charge in [0.2, 0.25) is 11.9 Å². The SMILES string of the molecule is Cn1c(-c2cn(-c3ncccn3)nc2C(F)(F)F)cnc1C(=O)Nc1ccc(C(=O)N2CCN(C(=O)C3[C@H]4CNC[C@@H]34)CC2)c(Cl)c1.O=CO. The molecule has 7 rings (SSSR count). The molecule has 5 heterocycles. The Labute approximate surface area is 287 Å². The maximum Gasteiger partial charge on any atom is 0.435 e. The van der Waals surface area contributed by atoms with Crippen molar-refractivity contribution >= 4 is 41.5 Å². The summed E-state index contributed by atoms with van der Waals surface area (Å²) in [6.07, 6.45) is 0.211. The second kappa shape index (κ2) is 13.9. The molecule has 19 heteroatoms. The van der Waals surface area contributed by atoms with Gasteiger partial charge in [0.1, 0.15) is 0 Å². The van der Waals surface area contributed by atoms with Crippen molar-refractivity contribution in [3.8, 4) is 17.2 Å². The standard InChI is InChI=1S/C30H28ClF3N10O3.CH2O2/c1-41-22(20-15-44(29-36-5-2-6-37-29)40-24(20)30(32,33)34)14-38-25(41)26(45)39-16-3-4-17(21(31)11-16)27(46)42-7-9-43(10-8-42)28(47)23-18-12-35-13-19(18)23;2-1-3/h2-6,11,14-15,18-19,23,35H,7-10,12-13H2,1H3,(H,39,45);1H,(H,2,3)/t18-,19+,23?;. The highest BCUT2D eigenvalue weighted by atomic mass is 35.5. The minimum Gasteiger partial charge on any atom is -0.483 e. The van der Waals surface area contributed by atoms with E-state index in [1.807, 2.05) is 4.90 Å². The smallest absolute Gasteiger partial charge is 0.435 e. The predicted octanol–water partition coefficient (Wildman–Crippen LogP) is 2.44. The van der Waals surface area contributed by atoms with Crippen molar-refractivity contribution < 1.29 is 37.5 Å². The van der Waals surface area contributed by atoms with E-state index in [4.69, 9.17) is 21.5 Å². The fraction of sp³-hybridized carbons (Fsp3) is 0.355. The lowest BCUT2D eigenvalue weighted by Crippen LogP contribution is -2.51. The van der Waals surface area contributed by atoms with Crippen molar-refractivity contribution in [1.29, 1.82) is 0 Å². The maximum absolute atomic E-state index is 13.9. The Morgan fingerprint density at radius 1 is 1.04 bits per heavy atom. The molecule has 3 N–H and O–H groups in total. The minimum absolute atomic E-state index is 0.0116. The number of imidazole rings is 1. The van der Waals surface area contributed by atoms with Crippen molar-refractivity contribution in [3.63, 3.8) is 0 Å². The molecule has 3 aliphatic rings. The molecule has 0 bridgehead atoms. The summed E-state index contributed by atoms with van der Waals surface area (Å²) in [5, 5.41) is 16.6. The molecular weight excluding hydrogens is 685 g/mol. The highest BCUT2D eigenvalue weighted by Gasteiger charge is 2.58. The Balaban J connectivity index is 0.00000139. The molecule has 2 aliphatic heterocycles. The first-order valence-corrected chi connectivity index (χ1v) is 15.7. The lowest BCUT2D eigenvalue weighted by Gasteiger charge is -2.35. The molecule has 0 radical (unpaired) electrons. The van der Waals surface area contributed by atoms with E-state index in [1.54, 1.807) is 4.90 Å². The second-order valence-corrected chi connectivity index (χ2v) is 12.2. The number of carbonyl (C=O) groups is 4. The van der Waals surface area contributed by atoms with Gasteiger partial charge in [0.05, 0.1) is 28.0 Å². The van der Waals surface area contributed by atoms with Crippen LogP contribution < -0.4 is 10.6 Å². The van der Waals surface area contributed by atoms with Crippen LogP contribution in [0.5, 0.6) is 0 Å². The molecule has 2 saturated heterocycles. The van der Waals surface area contributed by atoms with Crippen LogP contribution in [0.4, 0.5) is 18.9 Å². The predicted molar refractivity (Wildman–Crippen MR) is 170 cm³/mol. The topological polar surface area (TPSA) is 180 Å². The van der Waals surface area contributed by atoms with Crippen LogP contribution in [0.15, 0.2) is 49.1 Å². The summed E-state index contributed by atoms with van der Waals surface area (Å²) in [5.74, 6) is -0.103. The van der Waals surface area contributed by atoms with E-state index >= 15 is 0 Å². The van der Waals surface area contributed by atoms with E-state index < -0.39 is 17.8 Å². The largest absolute Gasteiger partial charge is 0.483 e. The first kappa shape index (κ1) is 34.5. The number of amides is 3. The summed E-state index contributed by atoms with van der Waals surface area (Å²) in [4.78, 5) is 63.1. The van der Waals surface area contributed by atoms with Crippen molar-refractivity contribution in [2.75, 3.05) is 44.6 Å². The van der Waals surface area contributed by atoms with Crippen LogP contribution in [0, 0.1) is 17.8 Å². The average molecular weight is 715 g/mol. The van der Waals surface area contributed by atoms with Crippen molar-refractivity contribution in [2.24, 2.45) is 24.8 Å². The molecule has 4 aromatic rings. The molecule has 50 heavy (non-hydrogen) atoms. The van der Waals surface area contributed by atoms with Crippen LogP contribution in [0.3, 0.4) is 0 Å². The molecule has 0 spiro atoms. The van der Waals surface area contributed by atoms with Crippen LogP contribution >= 0.6 is 11.6 Å². The highest BCUT2D eigenvalue weighted by molar-refractivity contribution is 6.34. The van der Waals surface area contributed by atoms with Crippen LogP contribution in [-0.2, 0) is 22.8 Å². The number of halogens is 4. The van der Waals surface area contributed by atoms with E-state index in [-0.39, 0.29) is 63.5 Å². The summed E-state index contributed by atoms with van der Waals surface area (Å²) in [7, 11) is 1.41. The van der Waals surface area contributed by atoms with E-state index in [2.05, 4.69) is 30.7 Å². The molecule has 3 fully saturated rings. The van der Waals surface area contributed by atoms with E-state index in [0.29, 0.717) is 38.0 Å². The van der Waals surface area contributed by atoms with E-state index in [1.165, 1.54) is 48.3 Å². The van der Waals surface area contributed by atoms with Gasteiger partial charge >= 0.3 is 6.18 Å². The average Bonchev–Trinajstić information content (AvgIpc) is 3.49. The fourth-order valence-electron chi connectivity index (χ4n) is 6.40. The summed E-state index contributed by atoms with van der Waals surface area (Å²) in [5.41, 5.74) is -1.02. The number of anilines is 1. The van der Waals surface area contributed by atoms with Crippen LogP contribution in [0.2, 0.25) is 5.02 Å². The number of carboxylic acid groups (broad SMARTS) is 1. The number of carbonyl (C=O) groups excluding carboxylic acids is 3. The van der Waals surface area contributed by atoms with Crippen LogP contribution in [0.25, 0.3) is 17.2 Å². The number of fused-ring (bicyclic) bond motifs is 1. The van der Waals surface area contributed by atoms with Gasteiger partial charge in [0.25, 0.3) is 18.3 Å².